The lowest BCUT2D eigenvalue weighted by Crippen LogP contribution is -1.93. The van der Waals surface area contributed by atoms with Gasteiger partial charge in [-0.25, -0.2) is 4.39 Å². The molecule has 0 spiro atoms. The minimum absolute atomic E-state index is 0.172. The number of nitrogens with two attached hydrogens (primary N) is 1. The largest absolute Gasteiger partial charge is 0.368 e. The molecule has 0 aliphatic carbocycles. The Labute approximate surface area is 107 Å². The molecule has 1 aromatic carbocycles. The molecule has 17 heavy (non-hydrogen) atoms. The summed E-state index contributed by atoms with van der Waals surface area (Å²) in [5, 5.41) is 3.73. The predicted molar refractivity (Wildman–Crippen MR) is 68.1 cm³/mol. The van der Waals surface area contributed by atoms with Crippen LogP contribution in [-0.2, 0) is 0 Å². The molecule has 0 aliphatic heterocycles. The van der Waals surface area contributed by atoms with Gasteiger partial charge in [-0.1, -0.05) is 19.0 Å². The zero-order valence-corrected chi connectivity index (χ0v) is 11.1. The number of halogens is 2. The molecular formula is C12H12BrFN2O. The molecule has 0 aliphatic rings. The average Bonchev–Trinajstić information content (AvgIpc) is 2.68. The Hall–Kier alpha value is -1.36. The first-order chi connectivity index (χ1) is 7.99. The highest BCUT2D eigenvalue weighted by molar-refractivity contribution is 9.10. The molecule has 2 N–H and O–H groups in total. The maximum absolute atomic E-state index is 14.0. The fraction of sp³-hybridized carbons (Fsp3) is 0.250. The van der Waals surface area contributed by atoms with E-state index in [2.05, 4.69) is 21.1 Å². The highest BCUT2D eigenvalue weighted by Crippen LogP contribution is 2.32. The van der Waals surface area contributed by atoms with Crippen LogP contribution < -0.4 is 5.73 Å². The summed E-state index contributed by atoms with van der Waals surface area (Å²) in [4.78, 5) is 0. The molecule has 0 bridgehead atoms. The van der Waals surface area contributed by atoms with Gasteiger partial charge in [0.15, 0.2) is 0 Å². The molecule has 90 valence electrons. The summed E-state index contributed by atoms with van der Waals surface area (Å²) in [6.07, 6.45) is 0. The van der Waals surface area contributed by atoms with E-state index in [1.165, 1.54) is 6.07 Å². The predicted octanol–water partition coefficient (Wildman–Crippen LogP) is 3.95. The molecule has 0 amide bonds. The van der Waals surface area contributed by atoms with Crippen LogP contribution in [0.2, 0.25) is 0 Å². The number of benzene rings is 1. The van der Waals surface area contributed by atoms with E-state index < -0.39 is 0 Å². The molecule has 0 fully saturated rings. The van der Waals surface area contributed by atoms with Gasteiger partial charge in [-0.2, -0.15) is 0 Å². The van der Waals surface area contributed by atoms with E-state index in [-0.39, 0.29) is 11.7 Å². The molecule has 2 aromatic rings. The molecule has 0 atom stereocenters. The zero-order chi connectivity index (χ0) is 12.6. The molecule has 0 saturated heterocycles. The van der Waals surface area contributed by atoms with Gasteiger partial charge in [0.2, 0.25) is 5.88 Å². The lowest BCUT2D eigenvalue weighted by molar-refractivity contribution is 0.438. The lowest BCUT2D eigenvalue weighted by atomic mass is 9.99. The maximum Gasteiger partial charge on any atom is 0.222 e. The van der Waals surface area contributed by atoms with Gasteiger partial charge in [-0.3, -0.25) is 0 Å². The van der Waals surface area contributed by atoms with Gasteiger partial charge >= 0.3 is 0 Å². The molecule has 0 saturated carbocycles. The average molecular weight is 299 g/mol. The second-order valence-electron chi connectivity index (χ2n) is 4.13. The number of hydrogen-bond donors (Lipinski definition) is 1. The summed E-state index contributed by atoms with van der Waals surface area (Å²) < 4.78 is 19.1. The summed E-state index contributed by atoms with van der Waals surface area (Å²) >= 11 is 3.20. The van der Waals surface area contributed by atoms with Gasteiger partial charge < -0.3 is 10.3 Å². The number of anilines is 1. The van der Waals surface area contributed by atoms with Crippen molar-refractivity contribution in [1.82, 2.24) is 5.16 Å². The molecular weight excluding hydrogens is 287 g/mol. The molecule has 1 aromatic heterocycles. The minimum atomic E-state index is -0.359. The quantitative estimate of drug-likeness (QED) is 0.913. The standard InChI is InChI=1S/C12H12BrFN2O/c1-6(2)7-3-8(12(14)9(13)4-7)10-5-11(15)17-16-10/h3-6H,15H2,1-2H3. The van der Waals surface area contributed by atoms with E-state index >= 15 is 0 Å². The Morgan fingerprint density at radius 2 is 2.06 bits per heavy atom. The van der Waals surface area contributed by atoms with E-state index in [1.807, 2.05) is 13.8 Å². The first-order valence-corrected chi connectivity index (χ1v) is 6.00. The normalized spacial score (nSPS) is 11.1. The van der Waals surface area contributed by atoms with E-state index in [1.54, 1.807) is 12.1 Å². The summed E-state index contributed by atoms with van der Waals surface area (Å²) in [6, 6.07) is 5.05. The number of hydrogen-bond acceptors (Lipinski definition) is 3. The van der Waals surface area contributed by atoms with Crippen molar-refractivity contribution >= 4 is 21.8 Å². The second kappa shape index (κ2) is 4.49. The fourth-order valence-corrected chi connectivity index (χ4v) is 2.02. The van der Waals surface area contributed by atoms with Crippen LogP contribution in [0.5, 0.6) is 0 Å². The van der Waals surface area contributed by atoms with Crippen molar-refractivity contribution < 1.29 is 8.91 Å². The van der Waals surface area contributed by atoms with Crippen molar-refractivity contribution in [2.75, 3.05) is 5.73 Å². The first-order valence-electron chi connectivity index (χ1n) is 5.20. The van der Waals surface area contributed by atoms with Crippen LogP contribution in [0.25, 0.3) is 11.3 Å². The van der Waals surface area contributed by atoms with Gasteiger partial charge in [0, 0.05) is 11.6 Å². The first kappa shape index (κ1) is 12.1. The molecule has 3 nitrogen and oxygen atoms in total. The van der Waals surface area contributed by atoms with E-state index in [0.717, 1.165) is 5.56 Å². The monoisotopic (exact) mass is 298 g/mol. The Morgan fingerprint density at radius 3 is 2.59 bits per heavy atom. The highest BCUT2D eigenvalue weighted by Gasteiger charge is 2.15. The van der Waals surface area contributed by atoms with Crippen LogP contribution in [0, 0.1) is 5.82 Å². The molecule has 0 unspecified atom stereocenters. The Balaban J connectivity index is 2.60. The third kappa shape index (κ3) is 2.34. The van der Waals surface area contributed by atoms with Crippen molar-refractivity contribution in [3.05, 3.63) is 34.1 Å². The van der Waals surface area contributed by atoms with Gasteiger partial charge in [-0.15, -0.1) is 0 Å². The highest BCUT2D eigenvalue weighted by atomic mass is 79.9. The lowest BCUT2D eigenvalue weighted by Gasteiger charge is -2.09. The Kier molecular flexibility index (Phi) is 3.19. The topological polar surface area (TPSA) is 52.0 Å². The van der Waals surface area contributed by atoms with E-state index in [0.29, 0.717) is 21.6 Å². The van der Waals surface area contributed by atoms with Crippen LogP contribution in [-0.4, -0.2) is 5.16 Å². The number of nitrogens with zero attached hydrogens (tertiary/aromatic N) is 1. The van der Waals surface area contributed by atoms with Crippen LogP contribution in [0.1, 0.15) is 25.3 Å². The molecule has 1 heterocycles. The van der Waals surface area contributed by atoms with Crippen LogP contribution in [0.4, 0.5) is 10.3 Å². The third-order valence-corrected chi connectivity index (χ3v) is 3.10. The van der Waals surface area contributed by atoms with Gasteiger partial charge in [-0.05, 0) is 39.5 Å². The van der Waals surface area contributed by atoms with Crippen molar-refractivity contribution in [3.63, 3.8) is 0 Å². The summed E-state index contributed by atoms with van der Waals surface area (Å²) in [7, 11) is 0. The van der Waals surface area contributed by atoms with Crippen LogP contribution in [0.3, 0.4) is 0 Å². The van der Waals surface area contributed by atoms with E-state index in [4.69, 9.17) is 10.3 Å². The Morgan fingerprint density at radius 1 is 1.35 bits per heavy atom. The zero-order valence-electron chi connectivity index (χ0n) is 9.50. The smallest absolute Gasteiger partial charge is 0.222 e. The van der Waals surface area contributed by atoms with Gasteiger partial charge in [0.1, 0.15) is 11.5 Å². The minimum Gasteiger partial charge on any atom is -0.368 e. The summed E-state index contributed by atoms with van der Waals surface area (Å²) in [5.74, 6) is 0.114. The Bertz CT molecular complexity index is 551. The van der Waals surface area contributed by atoms with Crippen LogP contribution >= 0.6 is 15.9 Å². The number of aromatic nitrogens is 1. The van der Waals surface area contributed by atoms with Gasteiger partial charge in [0.25, 0.3) is 0 Å². The number of rotatable bonds is 2. The molecule has 0 radical (unpaired) electrons. The SMILES string of the molecule is CC(C)c1cc(Br)c(F)c(-c2cc(N)on2)c1. The van der Waals surface area contributed by atoms with Crippen molar-refractivity contribution in [1.29, 1.82) is 0 Å². The summed E-state index contributed by atoms with van der Waals surface area (Å²) in [6.45, 7) is 4.08. The second-order valence-corrected chi connectivity index (χ2v) is 4.99. The van der Waals surface area contributed by atoms with Crippen molar-refractivity contribution in [3.8, 4) is 11.3 Å². The van der Waals surface area contributed by atoms with Crippen molar-refractivity contribution in [2.45, 2.75) is 19.8 Å². The molecule has 5 heteroatoms. The summed E-state index contributed by atoms with van der Waals surface area (Å²) in [5.41, 5.74) is 7.26. The fourth-order valence-electron chi connectivity index (χ4n) is 1.55. The maximum atomic E-state index is 14.0. The van der Waals surface area contributed by atoms with E-state index in [9.17, 15) is 4.39 Å². The molecule has 2 rings (SSSR count). The van der Waals surface area contributed by atoms with Crippen LogP contribution in [0.15, 0.2) is 27.2 Å². The number of nitrogen functional groups attached to an aromatic ring is 1. The third-order valence-electron chi connectivity index (χ3n) is 2.52. The van der Waals surface area contributed by atoms with Crippen molar-refractivity contribution in [2.24, 2.45) is 0 Å². The van der Waals surface area contributed by atoms with Gasteiger partial charge in [0.05, 0.1) is 4.47 Å².